The van der Waals surface area contributed by atoms with Gasteiger partial charge in [0.25, 0.3) is 0 Å². The summed E-state index contributed by atoms with van der Waals surface area (Å²) in [4.78, 5) is 0. The fourth-order valence-electron chi connectivity index (χ4n) is 3.71. The van der Waals surface area contributed by atoms with E-state index in [4.69, 9.17) is 0 Å². The van der Waals surface area contributed by atoms with Gasteiger partial charge in [-0.15, -0.1) is 0 Å². The van der Waals surface area contributed by atoms with E-state index in [1.165, 1.54) is 25.7 Å². The third-order valence-electron chi connectivity index (χ3n) is 4.86. The van der Waals surface area contributed by atoms with E-state index < -0.39 is 0 Å². The monoisotopic (exact) mass is 222 g/mol. The third kappa shape index (κ3) is 2.20. The van der Waals surface area contributed by atoms with Crippen LogP contribution in [0.3, 0.4) is 0 Å². The van der Waals surface area contributed by atoms with Crippen LogP contribution in [0.5, 0.6) is 0 Å². The van der Waals surface area contributed by atoms with Crippen LogP contribution in [0.1, 0.15) is 46.5 Å². The van der Waals surface area contributed by atoms with E-state index in [-0.39, 0.29) is 0 Å². The minimum Gasteiger partial charge on any atom is -0.396 e. The van der Waals surface area contributed by atoms with Crippen molar-refractivity contribution in [3.05, 3.63) is 11.6 Å². The second-order valence-electron chi connectivity index (χ2n) is 6.15. The Kier molecular flexibility index (Phi) is 3.73. The third-order valence-corrected chi connectivity index (χ3v) is 4.86. The Hall–Kier alpha value is -0.300. The minimum absolute atomic E-state index is 0.345. The van der Waals surface area contributed by atoms with Crippen LogP contribution in [0.2, 0.25) is 0 Å². The highest BCUT2D eigenvalue weighted by atomic mass is 16.3. The van der Waals surface area contributed by atoms with E-state index >= 15 is 0 Å². The van der Waals surface area contributed by atoms with Crippen molar-refractivity contribution in [2.24, 2.45) is 29.6 Å². The standard InChI is InChI=1S/C15H26O/c1-10-4-6-13-11(2)5-7-14(12(3)9-16)15(13)8-10/h8,10-14,16H,4-7,9H2,1-3H3/t10?,11-,12?,13?,14+/m1/s1. The maximum atomic E-state index is 9.38. The highest BCUT2D eigenvalue weighted by Gasteiger charge is 2.36. The van der Waals surface area contributed by atoms with Crippen LogP contribution >= 0.6 is 0 Å². The van der Waals surface area contributed by atoms with Gasteiger partial charge in [-0.05, 0) is 55.3 Å². The van der Waals surface area contributed by atoms with Gasteiger partial charge in [0, 0.05) is 6.61 Å². The number of rotatable bonds is 2. The van der Waals surface area contributed by atoms with Crippen molar-refractivity contribution in [1.82, 2.24) is 0 Å². The maximum Gasteiger partial charge on any atom is 0.0462 e. The predicted molar refractivity (Wildman–Crippen MR) is 68.1 cm³/mol. The lowest BCUT2D eigenvalue weighted by Gasteiger charge is -2.43. The molecule has 0 aromatic carbocycles. The van der Waals surface area contributed by atoms with E-state index in [2.05, 4.69) is 26.8 Å². The average molecular weight is 222 g/mol. The van der Waals surface area contributed by atoms with Crippen molar-refractivity contribution in [2.45, 2.75) is 46.5 Å². The Bertz CT molecular complexity index is 269. The van der Waals surface area contributed by atoms with E-state index in [9.17, 15) is 5.11 Å². The Balaban J connectivity index is 2.21. The number of fused-ring (bicyclic) bond motifs is 1. The Labute approximate surface area is 99.9 Å². The van der Waals surface area contributed by atoms with Gasteiger partial charge in [0.1, 0.15) is 0 Å². The summed E-state index contributed by atoms with van der Waals surface area (Å²) in [5.74, 6) is 3.55. The molecular formula is C15H26O. The van der Waals surface area contributed by atoms with Gasteiger partial charge in [0.2, 0.25) is 0 Å². The summed E-state index contributed by atoms with van der Waals surface area (Å²) in [6.07, 6.45) is 7.91. The van der Waals surface area contributed by atoms with Crippen LogP contribution in [0.25, 0.3) is 0 Å². The molecule has 0 radical (unpaired) electrons. The molecule has 2 rings (SSSR count). The van der Waals surface area contributed by atoms with Crippen LogP contribution < -0.4 is 0 Å². The zero-order chi connectivity index (χ0) is 11.7. The van der Waals surface area contributed by atoms with Crippen molar-refractivity contribution < 1.29 is 5.11 Å². The summed E-state index contributed by atoms with van der Waals surface area (Å²) in [5.41, 5.74) is 1.69. The van der Waals surface area contributed by atoms with Crippen molar-refractivity contribution in [2.75, 3.05) is 6.61 Å². The van der Waals surface area contributed by atoms with Crippen molar-refractivity contribution >= 4 is 0 Å². The van der Waals surface area contributed by atoms with Crippen LogP contribution in [0.15, 0.2) is 11.6 Å². The summed E-state index contributed by atoms with van der Waals surface area (Å²) >= 11 is 0. The Morgan fingerprint density at radius 1 is 1.25 bits per heavy atom. The zero-order valence-corrected chi connectivity index (χ0v) is 10.9. The number of hydrogen-bond acceptors (Lipinski definition) is 1. The first kappa shape index (κ1) is 12.2. The van der Waals surface area contributed by atoms with Gasteiger partial charge >= 0.3 is 0 Å². The first-order chi connectivity index (χ1) is 7.63. The molecule has 1 nitrogen and oxygen atoms in total. The normalized spacial score (nSPS) is 41.1. The molecule has 92 valence electrons. The largest absolute Gasteiger partial charge is 0.396 e. The Morgan fingerprint density at radius 2 is 2.00 bits per heavy atom. The predicted octanol–water partition coefficient (Wildman–Crippen LogP) is 3.63. The molecule has 0 saturated heterocycles. The lowest BCUT2D eigenvalue weighted by Crippen LogP contribution is -2.33. The van der Waals surface area contributed by atoms with Crippen molar-refractivity contribution in [3.8, 4) is 0 Å². The minimum atomic E-state index is 0.345. The summed E-state index contributed by atoms with van der Waals surface area (Å²) in [7, 11) is 0. The highest BCUT2D eigenvalue weighted by molar-refractivity contribution is 5.19. The highest BCUT2D eigenvalue weighted by Crippen LogP contribution is 2.46. The molecule has 0 aromatic rings. The molecule has 1 heteroatoms. The zero-order valence-electron chi connectivity index (χ0n) is 10.9. The first-order valence-electron chi connectivity index (χ1n) is 6.96. The summed E-state index contributed by atoms with van der Waals surface area (Å²) in [5, 5.41) is 9.38. The number of allylic oxidation sites excluding steroid dienone is 2. The summed E-state index contributed by atoms with van der Waals surface area (Å²) in [6, 6.07) is 0. The van der Waals surface area contributed by atoms with Gasteiger partial charge in [0.15, 0.2) is 0 Å². The summed E-state index contributed by atoms with van der Waals surface area (Å²) in [6.45, 7) is 7.30. The fraction of sp³-hybridized carbons (Fsp3) is 0.867. The lowest BCUT2D eigenvalue weighted by atomic mass is 9.63. The molecule has 5 atom stereocenters. The topological polar surface area (TPSA) is 20.2 Å². The lowest BCUT2D eigenvalue weighted by molar-refractivity contribution is 0.149. The van der Waals surface area contributed by atoms with Gasteiger partial charge < -0.3 is 5.11 Å². The molecule has 2 aliphatic rings. The summed E-state index contributed by atoms with van der Waals surface area (Å²) < 4.78 is 0. The second-order valence-corrected chi connectivity index (χ2v) is 6.15. The molecule has 0 spiro atoms. The van der Waals surface area contributed by atoms with Gasteiger partial charge in [0.05, 0.1) is 0 Å². The van der Waals surface area contributed by atoms with Gasteiger partial charge in [-0.3, -0.25) is 0 Å². The van der Waals surface area contributed by atoms with Crippen LogP contribution in [-0.2, 0) is 0 Å². The molecule has 2 aliphatic carbocycles. The fourth-order valence-corrected chi connectivity index (χ4v) is 3.71. The number of aliphatic hydroxyl groups is 1. The molecule has 16 heavy (non-hydrogen) atoms. The molecule has 0 aromatic heterocycles. The average Bonchev–Trinajstić information content (AvgIpc) is 2.28. The smallest absolute Gasteiger partial charge is 0.0462 e. The van der Waals surface area contributed by atoms with E-state index in [1.807, 2.05) is 0 Å². The SMILES string of the molecule is CC1C=C2C(CC1)[C@H](C)CC[C@H]2C(C)CO. The Morgan fingerprint density at radius 3 is 2.69 bits per heavy atom. The number of aliphatic hydroxyl groups excluding tert-OH is 1. The van der Waals surface area contributed by atoms with Gasteiger partial charge in [-0.1, -0.05) is 32.4 Å². The van der Waals surface area contributed by atoms with Crippen LogP contribution in [0.4, 0.5) is 0 Å². The molecule has 1 N–H and O–H groups in total. The van der Waals surface area contributed by atoms with Crippen LogP contribution in [-0.4, -0.2) is 11.7 Å². The molecule has 3 unspecified atom stereocenters. The van der Waals surface area contributed by atoms with E-state index in [0.29, 0.717) is 18.4 Å². The molecule has 0 amide bonds. The van der Waals surface area contributed by atoms with Gasteiger partial charge in [-0.2, -0.15) is 0 Å². The van der Waals surface area contributed by atoms with Crippen LogP contribution in [0, 0.1) is 29.6 Å². The first-order valence-corrected chi connectivity index (χ1v) is 6.96. The van der Waals surface area contributed by atoms with E-state index in [0.717, 1.165) is 17.8 Å². The second kappa shape index (κ2) is 4.91. The molecule has 1 fully saturated rings. The molecule has 0 heterocycles. The molecule has 0 aliphatic heterocycles. The van der Waals surface area contributed by atoms with Gasteiger partial charge in [-0.25, -0.2) is 0 Å². The van der Waals surface area contributed by atoms with Crippen molar-refractivity contribution in [1.29, 1.82) is 0 Å². The molecule has 0 bridgehead atoms. The molecule has 1 saturated carbocycles. The quantitative estimate of drug-likeness (QED) is 0.707. The molecular weight excluding hydrogens is 196 g/mol. The van der Waals surface area contributed by atoms with Crippen molar-refractivity contribution in [3.63, 3.8) is 0 Å². The maximum absolute atomic E-state index is 9.38. The van der Waals surface area contributed by atoms with E-state index in [1.54, 1.807) is 5.57 Å². The number of hydrogen-bond donors (Lipinski definition) is 1.